The second-order valence-electron chi connectivity index (χ2n) is 5.24. The number of urea groups is 1. The Balaban J connectivity index is 2.41. The number of hydrogen-bond donors (Lipinski definition) is 3. The molecule has 104 valence electrons. The number of nitrogens with zero attached hydrogens (tertiary/aromatic N) is 1. The van der Waals surface area contributed by atoms with E-state index < -0.39 is 11.5 Å². The van der Waals surface area contributed by atoms with Crippen LogP contribution < -0.4 is 10.6 Å². The SMILES string of the molecule is CN(C)CCNC(=O)NC1(CC(=O)O)CCCC1. The van der Waals surface area contributed by atoms with E-state index in [-0.39, 0.29) is 12.5 Å². The molecule has 1 rings (SSSR count). The topological polar surface area (TPSA) is 81.7 Å². The van der Waals surface area contributed by atoms with E-state index in [2.05, 4.69) is 10.6 Å². The third-order valence-corrected chi connectivity index (χ3v) is 3.27. The number of nitrogens with one attached hydrogen (secondary N) is 2. The number of carbonyl (C=O) groups is 2. The third-order valence-electron chi connectivity index (χ3n) is 3.27. The number of amides is 2. The first kappa shape index (κ1) is 14.8. The maximum atomic E-state index is 11.7. The number of carboxylic acids is 1. The van der Waals surface area contributed by atoms with Gasteiger partial charge in [-0.2, -0.15) is 0 Å². The molecule has 1 aliphatic carbocycles. The molecule has 6 heteroatoms. The molecule has 6 nitrogen and oxygen atoms in total. The minimum absolute atomic E-state index is 0.00804. The van der Waals surface area contributed by atoms with Crippen molar-refractivity contribution in [2.45, 2.75) is 37.6 Å². The predicted octanol–water partition coefficient (Wildman–Crippen LogP) is 0.635. The van der Waals surface area contributed by atoms with Gasteiger partial charge < -0.3 is 20.6 Å². The summed E-state index contributed by atoms with van der Waals surface area (Å²) in [6.07, 6.45) is 3.46. The van der Waals surface area contributed by atoms with Gasteiger partial charge in [-0.1, -0.05) is 12.8 Å². The van der Waals surface area contributed by atoms with Crippen LogP contribution in [0.25, 0.3) is 0 Å². The third kappa shape index (κ3) is 4.91. The number of rotatable bonds is 6. The van der Waals surface area contributed by atoms with Gasteiger partial charge in [0.2, 0.25) is 0 Å². The van der Waals surface area contributed by atoms with Gasteiger partial charge in [0.1, 0.15) is 0 Å². The van der Waals surface area contributed by atoms with Crippen molar-refractivity contribution in [3.63, 3.8) is 0 Å². The molecule has 0 radical (unpaired) electrons. The maximum absolute atomic E-state index is 11.7. The quantitative estimate of drug-likeness (QED) is 0.652. The molecule has 0 aromatic heterocycles. The monoisotopic (exact) mass is 257 g/mol. The van der Waals surface area contributed by atoms with Crippen LogP contribution in [0.4, 0.5) is 4.79 Å². The van der Waals surface area contributed by atoms with E-state index in [1.54, 1.807) is 0 Å². The van der Waals surface area contributed by atoms with Crippen molar-refractivity contribution >= 4 is 12.0 Å². The minimum Gasteiger partial charge on any atom is -0.481 e. The highest BCUT2D eigenvalue weighted by molar-refractivity contribution is 5.76. The van der Waals surface area contributed by atoms with Gasteiger partial charge in [-0.3, -0.25) is 4.79 Å². The highest BCUT2D eigenvalue weighted by Gasteiger charge is 2.37. The van der Waals surface area contributed by atoms with Crippen LogP contribution >= 0.6 is 0 Å². The van der Waals surface area contributed by atoms with Gasteiger partial charge in [-0.15, -0.1) is 0 Å². The Kier molecular flexibility index (Phi) is 5.40. The molecule has 0 bridgehead atoms. The van der Waals surface area contributed by atoms with E-state index in [9.17, 15) is 9.59 Å². The van der Waals surface area contributed by atoms with Crippen molar-refractivity contribution in [2.24, 2.45) is 0 Å². The zero-order valence-electron chi connectivity index (χ0n) is 11.2. The van der Waals surface area contributed by atoms with Crippen LogP contribution in [0.3, 0.4) is 0 Å². The first-order chi connectivity index (χ1) is 8.43. The molecule has 2 amide bonds. The van der Waals surface area contributed by atoms with Crippen LogP contribution in [0.1, 0.15) is 32.1 Å². The van der Waals surface area contributed by atoms with Gasteiger partial charge in [0.15, 0.2) is 0 Å². The predicted molar refractivity (Wildman–Crippen MR) is 68.5 cm³/mol. The lowest BCUT2D eigenvalue weighted by molar-refractivity contribution is -0.138. The molecule has 3 N–H and O–H groups in total. The Morgan fingerprint density at radius 1 is 1.28 bits per heavy atom. The molecule has 0 heterocycles. The van der Waals surface area contributed by atoms with E-state index in [0.29, 0.717) is 6.54 Å². The lowest BCUT2D eigenvalue weighted by atomic mass is 9.93. The van der Waals surface area contributed by atoms with E-state index >= 15 is 0 Å². The molecule has 0 aromatic carbocycles. The lowest BCUT2D eigenvalue weighted by Gasteiger charge is -2.28. The summed E-state index contributed by atoms with van der Waals surface area (Å²) in [4.78, 5) is 24.6. The summed E-state index contributed by atoms with van der Waals surface area (Å²) >= 11 is 0. The van der Waals surface area contributed by atoms with Gasteiger partial charge in [0.25, 0.3) is 0 Å². The fourth-order valence-corrected chi connectivity index (χ4v) is 2.37. The van der Waals surface area contributed by atoms with Gasteiger partial charge in [-0.25, -0.2) is 4.79 Å². The standard InChI is InChI=1S/C12H23N3O3/c1-15(2)8-7-13-11(18)14-12(9-10(16)17)5-3-4-6-12/h3-9H2,1-2H3,(H,16,17)(H2,13,14,18). The molecule has 0 aromatic rings. The molecule has 0 saturated heterocycles. The Morgan fingerprint density at radius 2 is 1.89 bits per heavy atom. The summed E-state index contributed by atoms with van der Waals surface area (Å²) < 4.78 is 0. The highest BCUT2D eigenvalue weighted by Crippen LogP contribution is 2.32. The van der Waals surface area contributed by atoms with Gasteiger partial charge in [0, 0.05) is 13.1 Å². The number of carboxylic acid groups (broad SMARTS) is 1. The van der Waals surface area contributed by atoms with Crippen LogP contribution in [0.2, 0.25) is 0 Å². The zero-order valence-corrected chi connectivity index (χ0v) is 11.2. The summed E-state index contributed by atoms with van der Waals surface area (Å²) in [7, 11) is 3.87. The summed E-state index contributed by atoms with van der Waals surface area (Å²) in [6.45, 7) is 1.32. The van der Waals surface area contributed by atoms with Crippen LogP contribution in [0.15, 0.2) is 0 Å². The van der Waals surface area contributed by atoms with Gasteiger partial charge in [-0.05, 0) is 26.9 Å². The smallest absolute Gasteiger partial charge is 0.315 e. The molecule has 1 aliphatic rings. The number of carbonyl (C=O) groups excluding carboxylic acids is 1. The first-order valence-electron chi connectivity index (χ1n) is 6.36. The Hall–Kier alpha value is -1.30. The van der Waals surface area contributed by atoms with Crippen LogP contribution in [-0.4, -0.2) is 54.7 Å². The molecule has 18 heavy (non-hydrogen) atoms. The van der Waals surface area contributed by atoms with Crippen molar-refractivity contribution < 1.29 is 14.7 Å². The molecule has 0 unspecified atom stereocenters. The van der Waals surface area contributed by atoms with Crippen molar-refractivity contribution in [3.05, 3.63) is 0 Å². The Bertz CT molecular complexity index is 299. The van der Waals surface area contributed by atoms with Crippen LogP contribution in [-0.2, 0) is 4.79 Å². The fourth-order valence-electron chi connectivity index (χ4n) is 2.37. The number of hydrogen-bond acceptors (Lipinski definition) is 3. The second kappa shape index (κ2) is 6.58. The zero-order chi connectivity index (χ0) is 13.6. The van der Waals surface area contributed by atoms with Gasteiger partial charge in [0.05, 0.1) is 12.0 Å². The average Bonchev–Trinajstić information content (AvgIpc) is 2.64. The largest absolute Gasteiger partial charge is 0.481 e. The lowest BCUT2D eigenvalue weighted by Crippen LogP contribution is -2.52. The average molecular weight is 257 g/mol. The van der Waals surface area contributed by atoms with E-state index in [0.717, 1.165) is 32.2 Å². The molecule has 1 saturated carbocycles. The maximum Gasteiger partial charge on any atom is 0.315 e. The van der Waals surface area contributed by atoms with Crippen molar-refractivity contribution in [1.82, 2.24) is 15.5 Å². The molecule has 0 aliphatic heterocycles. The number of aliphatic carboxylic acids is 1. The Labute approximate surface area is 108 Å². The summed E-state index contributed by atoms with van der Waals surface area (Å²) in [5.41, 5.74) is -0.548. The van der Waals surface area contributed by atoms with Gasteiger partial charge >= 0.3 is 12.0 Å². The summed E-state index contributed by atoms with van der Waals surface area (Å²) in [5.74, 6) is -0.856. The normalized spacial score (nSPS) is 17.7. The molecule has 1 fully saturated rings. The van der Waals surface area contributed by atoms with E-state index in [1.807, 2.05) is 19.0 Å². The first-order valence-corrected chi connectivity index (χ1v) is 6.36. The van der Waals surface area contributed by atoms with Crippen LogP contribution in [0.5, 0.6) is 0 Å². The highest BCUT2D eigenvalue weighted by atomic mass is 16.4. The van der Waals surface area contributed by atoms with E-state index in [1.165, 1.54) is 0 Å². The fraction of sp³-hybridized carbons (Fsp3) is 0.833. The van der Waals surface area contributed by atoms with Crippen LogP contribution in [0, 0.1) is 0 Å². The minimum atomic E-state index is -0.856. The molecular weight excluding hydrogens is 234 g/mol. The summed E-state index contributed by atoms with van der Waals surface area (Å²) in [6, 6.07) is -0.264. The van der Waals surface area contributed by atoms with Crippen molar-refractivity contribution in [1.29, 1.82) is 0 Å². The Morgan fingerprint density at radius 3 is 2.39 bits per heavy atom. The van der Waals surface area contributed by atoms with Crippen molar-refractivity contribution in [2.75, 3.05) is 27.2 Å². The van der Waals surface area contributed by atoms with Crippen molar-refractivity contribution in [3.8, 4) is 0 Å². The molecule has 0 spiro atoms. The van der Waals surface area contributed by atoms with E-state index in [4.69, 9.17) is 5.11 Å². The number of likely N-dealkylation sites (N-methyl/N-ethyl adjacent to an activating group) is 1. The molecular formula is C12H23N3O3. The molecule has 0 atom stereocenters. The summed E-state index contributed by atoms with van der Waals surface area (Å²) in [5, 5.41) is 14.5. The second-order valence-corrected chi connectivity index (χ2v) is 5.24.